The third-order valence-electron chi connectivity index (χ3n) is 5.45. The molecule has 6 heteroatoms. The number of hydrogen-bond acceptors (Lipinski definition) is 4. The molecule has 2 aliphatic heterocycles. The lowest BCUT2D eigenvalue weighted by atomic mass is 9.73. The number of amides is 2. The number of β-amino-alcohol motifs (C(OH)–C–C–N with tert-alkyl or cyclic N) is 1. The van der Waals surface area contributed by atoms with Gasteiger partial charge in [0.15, 0.2) is 0 Å². The van der Waals surface area contributed by atoms with E-state index in [4.69, 9.17) is 5.11 Å². The van der Waals surface area contributed by atoms with Gasteiger partial charge in [-0.1, -0.05) is 12.1 Å². The van der Waals surface area contributed by atoms with Crippen LogP contribution in [0, 0.1) is 5.41 Å². The number of carbonyl (C=O) groups excluding carboxylic acids is 2. The van der Waals surface area contributed by atoms with Crippen molar-refractivity contribution in [3.63, 3.8) is 0 Å². The number of hydrogen-bond donors (Lipinski definition) is 2. The first kappa shape index (κ1) is 17.9. The number of carbonyl (C=O) groups is 2. The van der Waals surface area contributed by atoms with Crippen molar-refractivity contribution in [1.82, 2.24) is 9.80 Å². The van der Waals surface area contributed by atoms with Crippen molar-refractivity contribution in [2.24, 2.45) is 5.41 Å². The quantitative estimate of drug-likeness (QED) is 0.853. The van der Waals surface area contributed by atoms with Crippen LogP contribution in [0.1, 0.15) is 41.6 Å². The van der Waals surface area contributed by atoms with E-state index in [1.54, 1.807) is 29.2 Å². The highest BCUT2D eigenvalue weighted by Gasteiger charge is 2.42. The van der Waals surface area contributed by atoms with E-state index in [1.165, 1.54) is 0 Å². The maximum atomic E-state index is 12.8. The van der Waals surface area contributed by atoms with Crippen molar-refractivity contribution in [3.8, 4) is 0 Å². The summed E-state index contributed by atoms with van der Waals surface area (Å²) in [6.45, 7) is 2.33. The molecule has 1 aromatic rings. The van der Waals surface area contributed by atoms with E-state index in [9.17, 15) is 14.7 Å². The van der Waals surface area contributed by atoms with Crippen LogP contribution in [0.2, 0.25) is 0 Å². The highest BCUT2D eigenvalue weighted by atomic mass is 16.3. The zero-order chi connectivity index (χ0) is 17.9. The second-order valence-electron chi connectivity index (χ2n) is 7.22. The average Bonchev–Trinajstić information content (AvgIpc) is 2.65. The summed E-state index contributed by atoms with van der Waals surface area (Å²) in [5.74, 6) is 0.108. The lowest BCUT2D eigenvalue weighted by molar-refractivity contribution is -0.139. The van der Waals surface area contributed by atoms with E-state index in [1.807, 2.05) is 4.90 Å². The van der Waals surface area contributed by atoms with Crippen molar-refractivity contribution < 1.29 is 19.8 Å². The molecule has 0 saturated carbocycles. The van der Waals surface area contributed by atoms with Crippen LogP contribution >= 0.6 is 0 Å². The lowest BCUT2D eigenvalue weighted by Gasteiger charge is -2.48. The van der Waals surface area contributed by atoms with Crippen LogP contribution in [-0.2, 0) is 11.4 Å². The third-order valence-corrected chi connectivity index (χ3v) is 5.45. The Balaban J connectivity index is 1.71. The Bertz CT molecular complexity index is 631. The Morgan fingerprint density at radius 2 is 1.88 bits per heavy atom. The normalized spacial score (nSPS) is 24.0. The van der Waals surface area contributed by atoms with E-state index in [0.717, 1.165) is 31.4 Å². The molecular weight excluding hydrogens is 320 g/mol. The van der Waals surface area contributed by atoms with Gasteiger partial charge in [-0.15, -0.1) is 0 Å². The third kappa shape index (κ3) is 3.85. The molecular formula is C19H26N2O4. The predicted molar refractivity (Wildman–Crippen MR) is 92.8 cm³/mol. The molecule has 1 aromatic carbocycles. The number of aliphatic hydroxyl groups excluding tert-OH is 2. The fourth-order valence-corrected chi connectivity index (χ4v) is 4.08. The van der Waals surface area contributed by atoms with Crippen LogP contribution in [0.5, 0.6) is 0 Å². The summed E-state index contributed by atoms with van der Waals surface area (Å²) in [5, 5.41) is 18.3. The van der Waals surface area contributed by atoms with Crippen molar-refractivity contribution >= 4 is 11.8 Å². The maximum absolute atomic E-state index is 12.8. The van der Waals surface area contributed by atoms with E-state index in [-0.39, 0.29) is 30.4 Å². The number of nitrogens with zero attached hydrogens (tertiary/aromatic N) is 2. The van der Waals surface area contributed by atoms with Gasteiger partial charge in [0.25, 0.3) is 5.91 Å². The molecule has 0 aliphatic carbocycles. The summed E-state index contributed by atoms with van der Waals surface area (Å²) in [5.41, 5.74) is 1.37. The van der Waals surface area contributed by atoms with Crippen LogP contribution in [0.3, 0.4) is 0 Å². The van der Waals surface area contributed by atoms with Crippen LogP contribution in [0.15, 0.2) is 24.3 Å². The van der Waals surface area contributed by atoms with Gasteiger partial charge in [0.2, 0.25) is 5.91 Å². The second kappa shape index (κ2) is 7.54. The fourth-order valence-electron chi connectivity index (χ4n) is 4.08. The van der Waals surface area contributed by atoms with Crippen molar-refractivity contribution in [3.05, 3.63) is 35.4 Å². The van der Waals surface area contributed by atoms with Gasteiger partial charge in [-0.25, -0.2) is 0 Å². The molecule has 0 aromatic heterocycles. The highest BCUT2D eigenvalue weighted by molar-refractivity contribution is 5.94. The van der Waals surface area contributed by atoms with E-state index in [0.29, 0.717) is 31.6 Å². The molecule has 2 aliphatic rings. The summed E-state index contributed by atoms with van der Waals surface area (Å²) >= 11 is 0. The Kier molecular flexibility index (Phi) is 5.39. The molecule has 0 bridgehead atoms. The molecule has 2 amide bonds. The molecule has 25 heavy (non-hydrogen) atoms. The molecule has 1 atom stereocenters. The number of aliphatic hydroxyl groups is 2. The van der Waals surface area contributed by atoms with Crippen molar-refractivity contribution in [1.29, 1.82) is 0 Å². The van der Waals surface area contributed by atoms with Gasteiger partial charge in [0.05, 0.1) is 13.2 Å². The first-order chi connectivity index (χ1) is 12.1. The summed E-state index contributed by atoms with van der Waals surface area (Å²) in [6.07, 6.45) is 3.24. The predicted octanol–water partition coefficient (Wildman–Crippen LogP) is 1.02. The Morgan fingerprint density at radius 3 is 2.56 bits per heavy atom. The van der Waals surface area contributed by atoms with Crippen molar-refractivity contribution in [2.75, 3.05) is 32.8 Å². The molecule has 6 nitrogen and oxygen atoms in total. The Hall–Kier alpha value is -1.92. The topological polar surface area (TPSA) is 81.1 Å². The molecule has 2 N–H and O–H groups in total. The molecule has 0 radical (unpaired) electrons. The summed E-state index contributed by atoms with van der Waals surface area (Å²) < 4.78 is 0. The van der Waals surface area contributed by atoms with Crippen LogP contribution < -0.4 is 0 Å². The van der Waals surface area contributed by atoms with Crippen LogP contribution in [0.25, 0.3) is 0 Å². The second-order valence-corrected chi connectivity index (χ2v) is 7.22. The van der Waals surface area contributed by atoms with Gasteiger partial charge in [0.1, 0.15) is 0 Å². The number of rotatable bonds is 4. The molecule has 2 fully saturated rings. The number of benzene rings is 1. The summed E-state index contributed by atoms with van der Waals surface area (Å²) in [7, 11) is 0. The number of piperidine rings is 2. The first-order valence-corrected chi connectivity index (χ1v) is 8.95. The standard InChI is InChI=1S/C19H26N2O4/c22-11-10-20-13-19(8-6-17(20)24)7-1-9-21(14-19)18(25)16-4-2-15(12-23)3-5-16/h2-5,22-23H,1,6-14H2. The Morgan fingerprint density at radius 1 is 1.12 bits per heavy atom. The minimum atomic E-state index is -0.0535. The summed E-state index contributed by atoms with van der Waals surface area (Å²) in [6, 6.07) is 7.07. The van der Waals surface area contributed by atoms with E-state index >= 15 is 0 Å². The Labute approximate surface area is 148 Å². The average molecular weight is 346 g/mol. The van der Waals surface area contributed by atoms with Gasteiger partial charge in [0, 0.05) is 43.6 Å². The zero-order valence-corrected chi connectivity index (χ0v) is 14.5. The molecule has 1 spiro atoms. The lowest BCUT2D eigenvalue weighted by Crippen LogP contribution is -2.55. The highest BCUT2D eigenvalue weighted by Crippen LogP contribution is 2.39. The summed E-state index contributed by atoms with van der Waals surface area (Å²) in [4.78, 5) is 28.5. The van der Waals surface area contributed by atoms with Gasteiger partial charge in [-0.05, 0) is 37.0 Å². The minimum absolute atomic E-state index is 0.00849. The van der Waals surface area contributed by atoms with Gasteiger partial charge in [-0.2, -0.15) is 0 Å². The van der Waals surface area contributed by atoms with E-state index in [2.05, 4.69) is 0 Å². The molecule has 2 saturated heterocycles. The largest absolute Gasteiger partial charge is 0.395 e. The van der Waals surface area contributed by atoms with Gasteiger partial charge < -0.3 is 20.0 Å². The van der Waals surface area contributed by atoms with Gasteiger partial charge in [-0.3, -0.25) is 9.59 Å². The van der Waals surface area contributed by atoms with Gasteiger partial charge >= 0.3 is 0 Å². The van der Waals surface area contributed by atoms with E-state index < -0.39 is 0 Å². The maximum Gasteiger partial charge on any atom is 0.253 e. The monoisotopic (exact) mass is 346 g/mol. The number of likely N-dealkylation sites (tertiary alicyclic amines) is 2. The van der Waals surface area contributed by atoms with Crippen molar-refractivity contribution in [2.45, 2.75) is 32.3 Å². The fraction of sp³-hybridized carbons (Fsp3) is 0.579. The SMILES string of the molecule is O=C1CCC2(CCCN(C(=O)c3ccc(CO)cc3)C2)CN1CCO. The van der Waals surface area contributed by atoms with Crippen LogP contribution in [-0.4, -0.2) is 64.6 Å². The minimum Gasteiger partial charge on any atom is -0.395 e. The zero-order valence-electron chi connectivity index (χ0n) is 14.5. The molecule has 3 rings (SSSR count). The smallest absolute Gasteiger partial charge is 0.253 e. The molecule has 1 unspecified atom stereocenters. The molecule has 136 valence electrons. The first-order valence-electron chi connectivity index (χ1n) is 8.95. The molecule has 2 heterocycles. The van der Waals surface area contributed by atoms with Crippen LogP contribution in [0.4, 0.5) is 0 Å².